The van der Waals surface area contributed by atoms with Gasteiger partial charge in [0.2, 0.25) is 0 Å². The maximum Gasteiger partial charge on any atom is 0.332 e. The Morgan fingerprint density at radius 3 is 2.38 bits per heavy atom. The summed E-state index contributed by atoms with van der Waals surface area (Å²) >= 11 is 0. The van der Waals surface area contributed by atoms with Gasteiger partial charge in [-0.2, -0.15) is 0 Å². The number of nitrogen functional groups attached to an aromatic ring is 1. The van der Waals surface area contributed by atoms with Gasteiger partial charge in [-0.15, -0.1) is 0 Å². The van der Waals surface area contributed by atoms with Gasteiger partial charge in [-0.25, -0.2) is 4.79 Å². The molecule has 1 rings (SSSR count). The van der Waals surface area contributed by atoms with E-state index in [4.69, 9.17) is 10.8 Å². The average Bonchev–Trinajstić information content (AvgIpc) is 2.37. The highest BCUT2D eigenvalue weighted by Crippen LogP contribution is 2.20. The van der Waals surface area contributed by atoms with Gasteiger partial charge in [0.15, 0.2) is 0 Å². The Morgan fingerprint density at radius 2 is 1.90 bits per heavy atom. The van der Waals surface area contributed by atoms with Gasteiger partial charge in [-0.3, -0.25) is 13.9 Å². The van der Waals surface area contributed by atoms with Crippen molar-refractivity contribution < 1.29 is 5.11 Å². The number of aliphatic hydroxyl groups is 1. The molecule has 7 nitrogen and oxygen atoms in total. The zero-order valence-corrected chi connectivity index (χ0v) is 13.4. The van der Waals surface area contributed by atoms with Crippen LogP contribution < -0.4 is 22.3 Å². The summed E-state index contributed by atoms with van der Waals surface area (Å²) < 4.78 is 2.46. The van der Waals surface area contributed by atoms with Gasteiger partial charge in [-0.05, 0) is 26.2 Å². The monoisotopic (exact) mass is 298 g/mol. The minimum atomic E-state index is -0.505. The normalized spacial score (nSPS) is 12.0. The lowest BCUT2D eigenvalue weighted by Gasteiger charge is -2.28. The maximum absolute atomic E-state index is 12.3. The van der Waals surface area contributed by atoms with E-state index in [0.717, 1.165) is 4.57 Å². The first-order valence-corrected chi connectivity index (χ1v) is 7.09. The van der Waals surface area contributed by atoms with E-state index in [2.05, 4.69) is 5.32 Å². The molecule has 1 heterocycles. The van der Waals surface area contributed by atoms with Crippen LogP contribution >= 0.6 is 0 Å². The molecule has 120 valence electrons. The molecule has 7 heteroatoms. The summed E-state index contributed by atoms with van der Waals surface area (Å²) in [6, 6.07) is 0. The van der Waals surface area contributed by atoms with Crippen LogP contribution in [-0.4, -0.2) is 26.4 Å². The molecule has 0 spiro atoms. The highest BCUT2D eigenvalue weighted by molar-refractivity contribution is 5.61. The second-order valence-corrected chi connectivity index (χ2v) is 6.39. The molecule has 0 aromatic carbocycles. The standard InChI is InChI=1S/C14H26N4O3/c1-9(2)8-18-11(15)10(12(20)17(5)13(18)21)16-14(3,4)6-7-19/h9,16,19H,6-8,15H2,1-5H3. The smallest absolute Gasteiger partial charge is 0.332 e. The molecular formula is C14H26N4O3. The van der Waals surface area contributed by atoms with E-state index in [-0.39, 0.29) is 24.0 Å². The molecule has 0 saturated heterocycles. The van der Waals surface area contributed by atoms with Crippen molar-refractivity contribution in [3.05, 3.63) is 20.8 Å². The van der Waals surface area contributed by atoms with Crippen molar-refractivity contribution in [2.75, 3.05) is 17.7 Å². The molecular weight excluding hydrogens is 272 g/mol. The fourth-order valence-corrected chi connectivity index (χ4v) is 2.12. The van der Waals surface area contributed by atoms with E-state index < -0.39 is 16.8 Å². The van der Waals surface area contributed by atoms with Crippen LogP contribution in [0.2, 0.25) is 0 Å². The fraction of sp³-hybridized carbons (Fsp3) is 0.714. The Morgan fingerprint density at radius 1 is 1.33 bits per heavy atom. The quantitative estimate of drug-likeness (QED) is 0.703. The lowest BCUT2D eigenvalue weighted by molar-refractivity contribution is 0.260. The first kappa shape index (κ1) is 17.3. The van der Waals surface area contributed by atoms with Crippen LogP contribution in [0.25, 0.3) is 0 Å². The number of nitrogens with zero attached hydrogens (tertiary/aromatic N) is 2. The number of anilines is 2. The molecule has 0 bridgehead atoms. The van der Waals surface area contributed by atoms with Crippen LogP contribution in [0.5, 0.6) is 0 Å². The van der Waals surface area contributed by atoms with Crippen LogP contribution in [0.3, 0.4) is 0 Å². The molecule has 0 aliphatic heterocycles. The summed E-state index contributed by atoms with van der Waals surface area (Å²) in [6.07, 6.45) is 0.457. The fourth-order valence-electron chi connectivity index (χ4n) is 2.12. The first-order valence-electron chi connectivity index (χ1n) is 7.09. The predicted molar refractivity (Wildman–Crippen MR) is 84.6 cm³/mol. The van der Waals surface area contributed by atoms with E-state index in [1.165, 1.54) is 11.6 Å². The first-order chi connectivity index (χ1) is 9.60. The highest BCUT2D eigenvalue weighted by atomic mass is 16.3. The van der Waals surface area contributed by atoms with Gasteiger partial charge in [0.25, 0.3) is 5.56 Å². The Kier molecular flexibility index (Phi) is 5.22. The van der Waals surface area contributed by atoms with E-state index in [1.807, 2.05) is 27.7 Å². The molecule has 0 fully saturated rings. The van der Waals surface area contributed by atoms with Crippen molar-refractivity contribution in [3.8, 4) is 0 Å². The van der Waals surface area contributed by atoms with Crippen LogP contribution in [0.15, 0.2) is 9.59 Å². The molecule has 0 amide bonds. The number of hydrogen-bond acceptors (Lipinski definition) is 5. The molecule has 1 aromatic heterocycles. The second-order valence-electron chi connectivity index (χ2n) is 6.39. The molecule has 0 saturated carbocycles. The summed E-state index contributed by atoms with van der Waals surface area (Å²) in [5.41, 5.74) is 4.86. The molecule has 0 unspecified atom stereocenters. The van der Waals surface area contributed by atoms with Gasteiger partial charge in [0.05, 0.1) is 0 Å². The van der Waals surface area contributed by atoms with Crippen molar-refractivity contribution in [3.63, 3.8) is 0 Å². The highest BCUT2D eigenvalue weighted by Gasteiger charge is 2.23. The third-order valence-corrected chi connectivity index (χ3v) is 3.33. The van der Waals surface area contributed by atoms with E-state index in [9.17, 15) is 9.59 Å². The molecule has 0 atom stereocenters. The number of aliphatic hydroxyl groups excluding tert-OH is 1. The zero-order chi connectivity index (χ0) is 16.4. The molecule has 1 aromatic rings. The van der Waals surface area contributed by atoms with E-state index in [0.29, 0.717) is 13.0 Å². The van der Waals surface area contributed by atoms with Crippen LogP contribution in [-0.2, 0) is 13.6 Å². The number of rotatable bonds is 6. The van der Waals surface area contributed by atoms with Gasteiger partial charge in [-0.1, -0.05) is 13.8 Å². The topological polar surface area (TPSA) is 102 Å². The van der Waals surface area contributed by atoms with E-state index >= 15 is 0 Å². The zero-order valence-electron chi connectivity index (χ0n) is 13.4. The summed E-state index contributed by atoms with van der Waals surface area (Å²) in [6.45, 7) is 8.10. The lowest BCUT2D eigenvalue weighted by atomic mass is 10.0. The van der Waals surface area contributed by atoms with Gasteiger partial charge in [0, 0.05) is 25.7 Å². The summed E-state index contributed by atoms with van der Waals surface area (Å²) in [4.78, 5) is 24.4. The van der Waals surface area contributed by atoms with Crippen molar-refractivity contribution in [1.82, 2.24) is 9.13 Å². The molecule has 4 N–H and O–H groups in total. The van der Waals surface area contributed by atoms with Crippen molar-refractivity contribution >= 4 is 11.5 Å². The largest absolute Gasteiger partial charge is 0.396 e. The van der Waals surface area contributed by atoms with Crippen molar-refractivity contribution in [2.24, 2.45) is 13.0 Å². The predicted octanol–water partition coefficient (Wildman–Crippen LogP) is 0.358. The summed E-state index contributed by atoms with van der Waals surface area (Å²) in [7, 11) is 1.44. The minimum absolute atomic E-state index is 0.00808. The number of hydrogen-bond donors (Lipinski definition) is 3. The minimum Gasteiger partial charge on any atom is -0.396 e. The van der Waals surface area contributed by atoms with Crippen molar-refractivity contribution in [2.45, 2.75) is 46.2 Å². The molecule has 21 heavy (non-hydrogen) atoms. The van der Waals surface area contributed by atoms with Gasteiger partial charge >= 0.3 is 5.69 Å². The maximum atomic E-state index is 12.3. The van der Waals surface area contributed by atoms with Crippen LogP contribution in [0.4, 0.5) is 11.5 Å². The molecule has 0 aliphatic carbocycles. The third kappa shape index (κ3) is 3.87. The molecule has 0 aliphatic rings. The lowest BCUT2D eigenvalue weighted by Crippen LogP contribution is -2.44. The molecule has 0 radical (unpaired) electrons. The van der Waals surface area contributed by atoms with Gasteiger partial charge in [0.1, 0.15) is 11.5 Å². The van der Waals surface area contributed by atoms with Crippen molar-refractivity contribution in [1.29, 1.82) is 0 Å². The van der Waals surface area contributed by atoms with Crippen LogP contribution in [0.1, 0.15) is 34.1 Å². The number of aromatic nitrogens is 2. The number of nitrogens with one attached hydrogen (secondary N) is 1. The third-order valence-electron chi connectivity index (χ3n) is 3.33. The summed E-state index contributed by atoms with van der Waals surface area (Å²) in [5.74, 6) is 0.364. The Balaban J connectivity index is 3.42. The second kappa shape index (κ2) is 6.34. The Labute approximate surface area is 124 Å². The summed E-state index contributed by atoms with van der Waals surface area (Å²) in [5, 5.41) is 12.1. The van der Waals surface area contributed by atoms with Gasteiger partial charge < -0.3 is 16.2 Å². The Hall–Kier alpha value is -1.76. The Bertz CT molecular complexity index is 614. The number of nitrogens with two attached hydrogens (primary N) is 1. The van der Waals surface area contributed by atoms with Crippen LogP contribution in [0, 0.1) is 5.92 Å². The average molecular weight is 298 g/mol. The SMILES string of the molecule is CC(C)Cn1c(N)c(NC(C)(C)CCO)c(=O)n(C)c1=O. The van der Waals surface area contributed by atoms with E-state index in [1.54, 1.807) is 0 Å².